The molecule has 2 heterocycles. The van der Waals surface area contributed by atoms with E-state index in [-0.39, 0.29) is 5.75 Å². The van der Waals surface area contributed by atoms with Crippen LogP contribution in [0.3, 0.4) is 0 Å². The molecule has 0 unspecified atom stereocenters. The summed E-state index contributed by atoms with van der Waals surface area (Å²) in [5, 5.41) is 1.92. The molecule has 0 atom stereocenters. The first-order valence-corrected chi connectivity index (χ1v) is 4.90. The van der Waals surface area contributed by atoms with Gasteiger partial charge in [-0.15, -0.1) is 13.2 Å². The van der Waals surface area contributed by atoms with Crippen LogP contribution in [0.5, 0.6) is 5.75 Å². The predicted molar refractivity (Wildman–Crippen MR) is 57.1 cm³/mol. The Morgan fingerprint density at radius 3 is 2.53 bits per heavy atom. The normalized spacial score (nSPS) is 12.4. The Morgan fingerprint density at radius 1 is 1.06 bits per heavy atom. The first-order valence-electron chi connectivity index (χ1n) is 4.90. The fourth-order valence-electron chi connectivity index (χ4n) is 1.95. The zero-order valence-corrected chi connectivity index (χ0v) is 8.45. The maximum atomic E-state index is 12.3. The maximum absolute atomic E-state index is 12.3. The topological polar surface area (TPSA) is 22.1 Å². The molecular weight excluding hydrogens is 231 g/mol. The summed E-state index contributed by atoms with van der Waals surface area (Å²) in [6.07, 6.45) is -3.06. The van der Waals surface area contributed by atoms with E-state index in [1.165, 1.54) is 12.1 Å². The molecule has 4 rings (SSSR count). The minimum absolute atomic E-state index is 0.205. The van der Waals surface area contributed by atoms with Gasteiger partial charge in [-0.05, 0) is 17.5 Å². The number of hydrogen-bond acceptors (Lipinski definition) is 2. The third-order valence-corrected chi connectivity index (χ3v) is 2.58. The number of rotatable bonds is 1. The van der Waals surface area contributed by atoms with E-state index in [1.807, 2.05) is 6.07 Å². The summed E-state index contributed by atoms with van der Waals surface area (Å²) < 4.78 is 40.8. The van der Waals surface area contributed by atoms with Gasteiger partial charge in [-0.1, -0.05) is 18.2 Å². The fourth-order valence-corrected chi connectivity index (χ4v) is 1.95. The number of halogens is 3. The van der Waals surface area contributed by atoms with Crippen molar-refractivity contribution in [1.82, 2.24) is 4.98 Å². The van der Waals surface area contributed by atoms with Crippen LogP contribution in [0.4, 0.5) is 13.2 Å². The summed E-state index contributed by atoms with van der Waals surface area (Å²) in [5.41, 5.74) is 0.495. The average Bonchev–Trinajstić information content (AvgIpc) is 2.29. The minimum atomic E-state index is -4.69. The second-order valence-electron chi connectivity index (χ2n) is 3.66. The number of pyridine rings is 2. The van der Waals surface area contributed by atoms with Gasteiger partial charge in [-0.25, -0.2) is 0 Å². The summed E-state index contributed by atoms with van der Waals surface area (Å²) >= 11 is 0. The van der Waals surface area contributed by atoms with Crippen LogP contribution in [0.1, 0.15) is 0 Å². The van der Waals surface area contributed by atoms with E-state index in [9.17, 15) is 13.2 Å². The summed E-state index contributed by atoms with van der Waals surface area (Å²) in [5.74, 6) is -0.205. The molecular formula is C12H6F3NO. The third kappa shape index (κ3) is 1.63. The number of hydrogen-bond donors (Lipinski definition) is 0. The van der Waals surface area contributed by atoms with Gasteiger partial charge < -0.3 is 4.74 Å². The molecule has 0 spiro atoms. The minimum Gasteiger partial charge on any atom is -0.405 e. The highest BCUT2D eigenvalue weighted by Crippen LogP contribution is 2.35. The molecule has 0 aliphatic heterocycles. The third-order valence-electron chi connectivity index (χ3n) is 2.58. The molecule has 0 saturated carbocycles. The highest BCUT2D eigenvalue weighted by Gasteiger charge is 2.32. The van der Waals surface area contributed by atoms with E-state index in [0.29, 0.717) is 10.9 Å². The lowest BCUT2D eigenvalue weighted by Crippen LogP contribution is -2.17. The van der Waals surface area contributed by atoms with Gasteiger partial charge in [-0.3, -0.25) is 4.98 Å². The van der Waals surface area contributed by atoms with Crippen LogP contribution in [0.15, 0.2) is 36.5 Å². The van der Waals surface area contributed by atoms with Crippen LogP contribution < -0.4 is 4.74 Å². The van der Waals surface area contributed by atoms with E-state index in [1.54, 1.807) is 18.3 Å². The number of fused-ring (bicyclic) bond motifs is 2. The predicted octanol–water partition coefficient (Wildman–Crippen LogP) is 3.72. The molecule has 0 aliphatic rings. The summed E-state index contributed by atoms with van der Waals surface area (Å²) in [7, 11) is 0. The standard InChI is InChI=1S/C12H6F3NO/c13-12(14,15)17-10-3-1-2-8-7-4-5-9(11(8)10)16-6-7/h1-6H. The molecule has 86 valence electrons. The molecule has 5 heteroatoms. The largest absolute Gasteiger partial charge is 0.573 e. The van der Waals surface area contributed by atoms with Crippen molar-refractivity contribution in [1.29, 1.82) is 0 Å². The molecule has 17 heavy (non-hydrogen) atoms. The van der Waals surface area contributed by atoms with Crippen molar-refractivity contribution in [3.8, 4) is 5.75 Å². The molecule has 0 aliphatic carbocycles. The van der Waals surface area contributed by atoms with E-state index >= 15 is 0 Å². The highest BCUT2D eigenvalue weighted by atomic mass is 19.4. The fraction of sp³-hybridized carbons (Fsp3) is 0.0833. The highest BCUT2D eigenvalue weighted by molar-refractivity contribution is 6.10. The van der Waals surface area contributed by atoms with Gasteiger partial charge in [0.1, 0.15) is 5.75 Å². The Kier molecular flexibility index (Phi) is 1.92. The van der Waals surface area contributed by atoms with Gasteiger partial charge >= 0.3 is 6.36 Å². The number of benzene rings is 2. The SMILES string of the molecule is FC(F)(F)Oc1cccc2c3ccc(nc3)c12. The van der Waals surface area contributed by atoms with Gasteiger partial charge in [0.15, 0.2) is 0 Å². The van der Waals surface area contributed by atoms with Crippen molar-refractivity contribution in [3.63, 3.8) is 0 Å². The van der Waals surface area contributed by atoms with Crippen LogP contribution in [-0.2, 0) is 0 Å². The van der Waals surface area contributed by atoms with Crippen LogP contribution in [0.25, 0.3) is 21.7 Å². The first-order chi connectivity index (χ1) is 8.04. The monoisotopic (exact) mass is 237 g/mol. The van der Waals surface area contributed by atoms with Crippen LogP contribution >= 0.6 is 0 Å². The molecule has 0 radical (unpaired) electrons. The lowest BCUT2D eigenvalue weighted by molar-refractivity contribution is -0.274. The number of alkyl halides is 3. The van der Waals surface area contributed by atoms with Crippen molar-refractivity contribution in [3.05, 3.63) is 36.5 Å². The average molecular weight is 237 g/mol. The zero-order valence-electron chi connectivity index (χ0n) is 8.45. The van der Waals surface area contributed by atoms with Crippen LogP contribution in [-0.4, -0.2) is 11.3 Å². The quantitative estimate of drug-likeness (QED) is 0.643. The van der Waals surface area contributed by atoms with E-state index in [0.717, 1.165) is 10.8 Å². The number of aromatic nitrogens is 1. The Hall–Kier alpha value is -2.04. The Balaban J connectivity index is 2.31. The van der Waals surface area contributed by atoms with E-state index in [4.69, 9.17) is 0 Å². The van der Waals surface area contributed by atoms with E-state index < -0.39 is 6.36 Å². The molecule has 2 aromatic carbocycles. The van der Waals surface area contributed by atoms with Crippen molar-refractivity contribution in [2.75, 3.05) is 0 Å². The maximum Gasteiger partial charge on any atom is 0.573 e. The molecule has 4 aromatic rings. The molecule has 2 aromatic heterocycles. The summed E-state index contributed by atoms with van der Waals surface area (Å²) in [6.45, 7) is 0. The van der Waals surface area contributed by atoms with Gasteiger partial charge in [-0.2, -0.15) is 0 Å². The van der Waals surface area contributed by atoms with Crippen molar-refractivity contribution in [2.24, 2.45) is 0 Å². The molecule has 0 saturated heterocycles. The molecule has 0 fully saturated rings. The molecule has 2 nitrogen and oxygen atoms in total. The van der Waals surface area contributed by atoms with Crippen LogP contribution in [0.2, 0.25) is 0 Å². The second kappa shape index (κ2) is 3.23. The Labute approximate surface area is 94.0 Å². The summed E-state index contributed by atoms with van der Waals surface area (Å²) in [4.78, 5) is 4.05. The number of ether oxygens (including phenoxy) is 1. The summed E-state index contributed by atoms with van der Waals surface area (Å²) in [6, 6.07) is 8.09. The van der Waals surface area contributed by atoms with Gasteiger partial charge in [0.05, 0.1) is 10.9 Å². The lowest BCUT2D eigenvalue weighted by atomic mass is 10.0. The van der Waals surface area contributed by atoms with Gasteiger partial charge in [0.2, 0.25) is 0 Å². The molecule has 0 amide bonds. The zero-order chi connectivity index (χ0) is 12.0. The molecule has 2 bridgehead atoms. The Bertz CT molecular complexity index is 657. The van der Waals surface area contributed by atoms with Crippen molar-refractivity contribution >= 4 is 21.7 Å². The smallest absolute Gasteiger partial charge is 0.405 e. The lowest BCUT2D eigenvalue weighted by Gasteiger charge is -2.13. The Morgan fingerprint density at radius 2 is 1.88 bits per heavy atom. The van der Waals surface area contributed by atoms with Crippen LogP contribution in [0, 0.1) is 0 Å². The second-order valence-corrected chi connectivity index (χ2v) is 3.66. The van der Waals surface area contributed by atoms with Crippen molar-refractivity contribution in [2.45, 2.75) is 6.36 Å². The van der Waals surface area contributed by atoms with Crippen molar-refractivity contribution < 1.29 is 17.9 Å². The first kappa shape index (κ1) is 10.1. The number of nitrogens with zero attached hydrogens (tertiary/aromatic N) is 1. The van der Waals surface area contributed by atoms with Gasteiger partial charge in [0, 0.05) is 11.6 Å². The van der Waals surface area contributed by atoms with Gasteiger partial charge in [0.25, 0.3) is 0 Å². The molecule has 0 N–H and O–H groups in total. The van der Waals surface area contributed by atoms with E-state index in [2.05, 4.69) is 9.72 Å².